The van der Waals surface area contributed by atoms with Gasteiger partial charge in [0.1, 0.15) is 17.2 Å². The van der Waals surface area contributed by atoms with Gasteiger partial charge in [-0.3, -0.25) is 4.90 Å². The largest absolute Gasteiger partial charge is 0.443 e. The number of nitrogens with one attached hydrogen (secondary N) is 1. The Morgan fingerprint density at radius 2 is 2.06 bits per heavy atom. The number of amides is 1. The number of aliphatic hydroxyl groups is 1. The Morgan fingerprint density at radius 3 is 2.66 bits per heavy atom. The van der Waals surface area contributed by atoms with Gasteiger partial charge in [0, 0.05) is 12.6 Å². The first-order valence-corrected chi connectivity index (χ1v) is 12.4. The van der Waals surface area contributed by atoms with Crippen LogP contribution < -0.4 is 10.2 Å². The molecule has 1 amide bonds. The fourth-order valence-electron chi connectivity index (χ4n) is 4.15. The normalized spacial score (nSPS) is 17.2. The average molecular weight is 510 g/mol. The molecule has 0 radical (unpaired) electrons. The van der Waals surface area contributed by atoms with E-state index in [2.05, 4.69) is 31.3 Å². The molecule has 9 heteroatoms. The summed E-state index contributed by atoms with van der Waals surface area (Å²) in [7, 11) is 0. The molecule has 1 saturated carbocycles. The molecule has 0 aromatic carbocycles. The monoisotopic (exact) mass is 509 g/mol. The molecule has 1 aliphatic rings. The summed E-state index contributed by atoms with van der Waals surface area (Å²) < 4.78 is 8.19. The highest BCUT2D eigenvalue weighted by Gasteiger charge is 2.30. The Balaban J connectivity index is 2.05. The van der Waals surface area contributed by atoms with Crippen molar-refractivity contribution >= 4 is 39.3 Å². The lowest BCUT2D eigenvalue weighted by Crippen LogP contribution is -2.41. The zero-order valence-electron chi connectivity index (χ0n) is 19.8. The van der Waals surface area contributed by atoms with Gasteiger partial charge in [-0.15, -0.1) is 0 Å². The Kier molecular flexibility index (Phi) is 8.03. The number of hydrogen-bond donors (Lipinski definition) is 2. The van der Waals surface area contributed by atoms with E-state index >= 15 is 0 Å². The van der Waals surface area contributed by atoms with Crippen molar-refractivity contribution in [3.05, 3.63) is 16.7 Å². The third-order valence-corrected chi connectivity index (χ3v) is 6.38. The molecule has 32 heavy (non-hydrogen) atoms. The minimum Gasteiger partial charge on any atom is -0.443 e. The molecule has 3 rings (SSSR count). The Morgan fingerprint density at radius 1 is 1.38 bits per heavy atom. The molecule has 2 unspecified atom stereocenters. The number of halogens is 1. The standard InChI is InChI=1S/C23H36BrN5O3/c1-6-18(15(2)30)26-19-12-20(29-21(27-19)17(24)13-25-29)28(22(31)32-23(3,4)5)14-16-10-8-7-9-11-16/h12-13,15-16,18,30H,6-11,14H2,1-5H3,(H,26,27). The number of ether oxygens (including phenoxy) is 1. The summed E-state index contributed by atoms with van der Waals surface area (Å²) in [6, 6.07) is 1.66. The minimum absolute atomic E-state index is 0.159. The van der Waals surface area contributed by atoms with Crippen LogP contribution in [-0.4, -0.2) is 50.1 Å². The molecular formula is C23H36BrN5O3. The van der Waals surface area contributed by atoms with Gasteiger partial charge >= 0.3 is 6.09 Å². The predicted octanol–water partition coefficient (Wildman–Crippen LogP) is 5.38. The summed E-state index contributed by atoms with van der Waals surface area (Å²) in [5, 5.41) is 17.9. The van der Waals surface area contributed by atoms with E-state index in [1.807, 2.05) is 33.8 Å². The van der Waals surface area contributed by atoms with E-state index in [9.17, 15) is 9.90 Å². The van der Waals surface area contributed by atoms with Crippen LogP contribution in [0.3, 0.4) is 0 Å². The molecule has 1 aliphatic carbocycles. The summed E-state index contributed by atoms with van der Waals surface area (Å²) in [6.07, 6.45) is 7.29. The molecule has 2 atom stereocenters. The third kappa shape index (κ3) is 6.13. The van der Waals surface area contributed by atoms with Crippen LogP contribution in [0.2, 0.25) is 0 Å². The first-order valence-electron chi connectivity index (χ1n) is 11.6. The number of hydrogen-bond acceptors (Lipinski definition) is 6. The van der Waals surface area contributed by atoms with Crippen molar-refractivity contribution in [2.75, 3.05) is 16.8 Å². The average Bonchev–Trinajstić information content (AvgIpc) is 3.10. The summed E-state index contributed by atoms with van der Waals surface area (Å²) >= 11 is 3.52. The highest BCUT2D eigenvalue weighted by molar-refractivity contribution is 9.10. The first-order chi connectivity index (χ1) is 15.1. The SMILES string of the molecule is CCC(Nc1cc(N(CC2CCCCC2)C(=O)OC(C)(C)C)n2ncc(Br)c2n1)C(C)O. The van der Waals surface area contributed by atoms with Crippen molar-refractivity contribution in [3.63, 3.8) is 0 Å². The molecule has 178 valence electrons. The smallest absolute Gasteiger partial charge is 0.416 e. The summed E-state index contributed by atoms with van der Waals surface area (Å²) in [6.45, 7) is 9.95. The topological polar surface area (TPSA) is 92.0 Å². The predicted molar refractivity (Wildman–Crippen MR) is 130 cm³/mol. The molecule has 0 saturated heterocycles. The number of aliphatic hydroxyl groups excluding tert-OH is 1. The maximum Gasteiger partial charge on any atom is 0.416 e. The van der Waals surface area contributed by atoms with E-state index in [4.69, 9.17) is 4.74 Å². The van der Waals surface area contributed by atoms with Crippen LogP contribution in [0.5, 0.6) is 0 Å². The zero-order chi connectivity index (χ0) is 23.5. The van der Waals surface area contributed by atoms with Crippen LogP contribution in [0.15, 0.2) is 16.7 Å². The number of rotatable bonds is 7. The molecule has 0 aliphatic heterocycles. The minimum atomic E-state index is -0.612. The van der Waals surface area contributed by atoms with E-state index in [1.165, 1.54) is 19.3 Å². The maximum atomic E-state index is 13.4. The van der Waals surface area contributed by atoms with E-state index in [-0.39, 0.29) is 6.04 Å². The van der Waals surface area contributed by atoms with Crippen molar-refractivity contribution in [2.24, 2.45) is 5.92 Å². The molecule has 1 fully saturated rings. The lowest BCUT2D eigenvalue weighted by atomic mass is 9.89. The van der Waals surface area contributed by atoms with Gasteiger partial charge in [0.15, 0.2) is 5.65 Å². The Labute approximate surface area is 198 Å². The number of carbonyl (C=O) groups is 1. The van der Waals surface area contributed by atoms with Gasteiger partial charge in [0.25, 0.3) is 0 Å². The van der Waals surface area contributed by atoms with Crippen LogP contribution in [-0.2, 0) is 4.74 Å². The number of nitrogens with zero attached hydrogens (tertiary/aromatic N) is 4. The molecule has 8 nitrogen and oxygen atoms in total. The molecule has 0 bridgehead atoms. The van der Waals surface area contributed by atoms with Gasteiger partial charge in [0.2, 0.25) is 0 Å². The van der Waals surface area contributed by atoms with Crippen LogP contribution in [0.4, 0.5) is 16.4 Å². The Hall–Kier alpha value is -1.87. The second kappa shape index (κ2) is 10.4. The van der Waals surface area contributed by atoms with Crippen LogP contribution in [0.25, 0.3) is 5.65 Å². The molecule has 2 aromatic heterocycles. The van der Waals surface area contributed by atoms with Crippen LogP contribution in [0.1, 0.15) is 73.1 Å². The molecule has 2 aromatic rings. The van der Waals surface area contributed by atoms with Crippen molar-refractivity contribution in [1.82, 2.24) is 14.6 Å². The van der Waals surface area contributed by atoms with Gasteiger partial charge < -0.3 is 15.2 Å². The van der Waals surface area contributed by atoms with E-state index in [1.54, 1.807) is 22.5 Å². The number of anilines is 2. The lowest BCUT2D eigenvalue weighted by molar-refractivity contribution is 0.0570. The highest BCUT2D eigenvalue weighted by Crippen LogP contribution is 2.30. The third-order valence-electron chi connectivity index (χ3n) is 5.82. The summed E-state index contributed by atoms with van der Waals surface area (Å²) in [4.78, 5) is 19.7. The Bertz CT molecular complexity index is 918. The molecule has 2 N–H and O–H groups in total. The van der Waals surface area contributed by atoms with E-state index < -0.39 is 17.8 Å². The van der Waals surface area contributed by atoms with Gasteiger partial charge in [-0.1, -0.05) is 26.2 Å². The van der Waals surface area contributed by atoms with Crippen LogP contribution in [0, 0.1) is 5.92 Å². The van der Waals surface area contributed by atoms with Crippen molar-refractivity contribution in [1.29, 1.82) is 0 Å². The van der Waals surface area contributed by atoms with E-state index in [0.717, 1.165) is 23.7 Å². The molecular weight excluding hydrogens is 474 g/mol. The highest BCUT2D eigenvalue weighted by atomic mass is 79.9. The van der Waals surface area contributed by atoms with E-state index in [0.29, 0.717) is 29.7 Å². The fraction of sp³-hybridized carbons (Fsp3) is 0.696. The first kappa shape index (κ1) is 24.8. The van der Waals surface area contributed by atoms with Crippen molar-refractivity contribution < 1.29 is 14.6 Å². The molecule has 2 heterocycles. The number of carbonyl (C=O) groups excluding carboxylic acids is 1. The van der Waals surface area contributed by atoms with Gasteiger partial charge in [0.05, 0.1) is 22.8 Å². The van der Waals surface area contributed by atoms with Crippen molar-refractivity contribution in [3.8, 4) is 0 Å². The summed E-state index contributed by atoms with van der Waals surface area (Å²) in [5.74, 6) is 1.60. The molecule has 0 spiro atoms. The lowest BCUT2D eigenvalue weighted by Gasteiger charge is -2.32. The fourth-order valence-corrected chi connectivity index (χ4v) is 4.49. The van der Waals surface area contributed by atoms with Gasteiger partial charge in [-0.05, 0) is 68.8 Å². The quantitative estimate of drug-likeness (QED) is 0.520. The van der Waals surface area contributed by atoms with Crippen molar-refractivity contribution in [2.45, 2.75) is 90.9 Å². The maximum absolute atomic E-state index is 13.4. The number of aromatic nitrogens is 3. The van der Waals surface area contributed by atoms with Gasteiger partial charge in [-0.25, -0.2) is 9.78 Å². The second-order valence-corrected chi connectivity index (χ2v) is 10.6. The second-order valence-electron chi connectivity index (χ2n) is 9.72. The summed E-state index contributed by atoms with van der Waals surface area (Å²) in [5.41, 5.74) is -0.0120. The van der Waals surface area contributed by atoms with Gasteiger partial charge in [-0.2, -0.15) is 9.61 Å². The number of fused-ring (bicyclic) bond motifs is 1. The zero-order valence-corrected chi connectivity index (χ0v) is 21.4. The van der Waals surface area contributed by atoms with Crippen LogP contribution >= 0.6 is 15.9 Å².